The van der Waals surface area contributed by atoms with Crippen molar-refractivity contribution in [1.29, 1.82) is 0 Å². The lowest BCUT2D eigenvalue weighted by atomic mass is 10.0. The molecule has 81 heavy (non-hydrogen) atoms. The van der Waals surface area contributed by atoms with Crippen LogP contribution in [0.4, 0.5) is 0 Å². The average Bonchev–Trinajstić information content (AvgIpc) is 3.46. The fourth-order valence-corrected chi connectivity index (χ4v) is 10.1. The van der Waals surface area contributed by atoms with Crippen LogP contribution >= 0.6 is 0 Å². The molecule has 0 saturated carbocycles. The van der Waals surface area contributed by atoms with Crippen LogP contribution in [0.2, 0.25) is 0 Å². The largest absolute Gasteiger partial charge is 0.462 e. The van der Waals surface area contributed by atoms with E-state index >= 15 is 0 Å². The Morgan fingerprint density at radius 2 is 0.481 bits per heavy atom. The SMILES string of the molecule is CC/C=C\C/C=C\C/C=C\C/C=C\C/C=C\CCCCCC(=O)OC(COC(=O)CCCCCCC/C=C\CCCCCC)COC(=O)CCCCCCCCCCCCCCCCCCCCC/C=C\CCCCCCCCCC. The Labute approximate surface area is 503 Å². The Morgan fingerprint density at radius 3 is 0.790 bits per heavy atom. The van der Waals surface area contributed by atoms with Crippen LogP contribution in [0.25, 0.3) is 0 Å². The third-order valence-corrected chi connectivity index (χ3v) is 15.4. The van der Waals surface area contributed by atoms with E-state index < -0.39 is 6.10 Å². The molecule has 0 saturated heterocycles. The van der Waals surface area contributed by atoms with E-state index in [1.807, 2.05) is 0 Å². The molecule has 0 heterocycles. The summed E-state index contributed by atoms with van der Waals surface area (Å²) >= 11 is 0. The molecule has 0 aliphatic carbocycles. The number of unbranched alkanes of at least 4 members (excludes halogenated alkanes) is 39. The third-order valence-electron chi connectivity index (χ3n) is 15.4. The molecular formula is C75H132O6. The molecule has 0 aromatic heterocycles. The predicted molar refractivity (Wildman–Crippen MR) is 353 cm³/mol. The summed E-state index contributed by atoms with van der Waals surface area (Å²) < 4.78 is 16.9. The first-order chi connectivity index (χ1) is 40.0. The van der Waals surface area contributed by atoms with Gasteiger partial charge in [-0.3, -0.25) is 14.4 Å². The minimum absolute atomic E-state index is 0.0901. The zero-order chi connectivity index (χ0) is 58.5. The van der Waals surface area contributed by atoms with Gasteiger partial charge in [-0.05, 0) is 116 Å². The zero-order valence-electron chi connectivity index (χ0n) is 53.8. The summed E-state index contributed by atoms with van der Waals surface area (Å²) in [5.41, 5.74) is 0. The van der Waals surface area contributed by atoms with Gasteiger partial charge in [-0.1, -0.05) is 305 Å². The number of hydrogen-bond donors (Lipinski definition) is 0. The smallest absolute Gasteiger partial charge is 0.306 e. The van der Waals surface area contributed by atoms with Crippen molar-refractivity contribution in [3.05, 3.63) is 85.1 Å². The molecule has 0 aromatic carbocycles. The van der Waals surface area contributed by atoms with Gasteiger partial charge in [-0.25, -0.2) is 0 Å². The highest BCUT2D eigenvalue weighted by Gasteiger charge is 2.19. The highest BCUT2D eigenvalue weighted by molar-refractivity contribution is 5.71. The van der Waals surface area contributed by atoms with Gasteiger partial charge in [-0.2, -0.15) is 0 Å². The number of rotatable bonds is 64. The molecule has 0 spiro atoms. The number of carbonyl (C=O) groups excluding carboxylic acids is 3. The van der Waals surface area contributed by atoms with Crippen molar-refractivity contribution in [3.8, 4) is 0 Å². The maximum Gasteiger partial charge on any atom is 0.306 e. The van der Waals surface area contributed by atoms with Crippen molar-refractivity contribution in [2.45, 2.75) is 361 Å². The highest BCUT2D eigenvalue weighted by Crippen LogP contribution is 2.17. The van der Waals surface area contributed by atoms with Crippen molar-refractivity contribution in [2.75, 3.05) is 13.2 Å². The maximum atomic E-state index is 12.9. The van der Waals surface area contributed by atoms with Crippen LogP contribution in [0.5, 0.6) is 0 Å². The molecular weight excluding hydrogens is 997 g/mol. The van der Waals surface area contributed by atoms with E-state index in [0.717, 1.165) is 103 Å². The minimum Gasteiger partial charge on any atom is -0.462 e. The molecule has 468 valence electrons. The van der Waals surface area contributed by atoms with Gasteiger partial charge < -0.3 is 14.2 Å². The van der Waals surface area contributed by atoms with Crippen molar-refractivity contribution in [2.24, 2.45) is 0 Å². The van der Waals surface area contributed by atoms with Gasteiger partial charge in [0.25, 0.3) is 0 Å². The molecule has 0 aliphatic heterocycles. The van der Waals surface area contributed by atoms with E-state index in [4.69, 9.17) is 14.2 Å². The second kappa shape index (κ2) is 69.1. The predicted octanol–water partition coefficient (Wildman–Crippen LogP) is 24.2. The van der Waals surface area contributed by atoms with Crippen LogP contribution in [0.1, 0.15) is 355 Å². The molecule has 0 N–H and O–H groups in total. The molecule has 0 fully saturated rings. The van der Waals surface area contributed by atoms with Gasteiger partial charge in [-0.15, -0.1) is 0 Å². The molecule has 1 atom stereocenters. The van der Waals surface area contributed by atoms with Gasteiger partial charge in [0.1, 0.15) is 13.2 Å². The van der Waals surface area contributed by atoms with Gasteiger partial charge in [0.15, 0.2) is 6.10 Å². The number of hydrogen-bond acceptors (Lipinski definition) is 6. The standard InChI is InChI=1S/C75H132O6/c1-4-7-10-13-16-19-22-25-27-29-31-32-33-34-35-36-37-38-39-40-41-42-44-45-47-50-53-56-59-62-65-68-74(77)80-71-72(70-79-73(76)67-64-61-58-55-52-49-24-21-18-15-12-9-6-3)81-75(78)69-66-63-60-57-54-51-48-46-43-30-28-26-23-20-17-14-11-8-5-2/h8,11,17,20-21,24,26,28-29,31,43,46,51,54,72H,4-7,9-10,12-16,18-19,22-23,25,27,30,32-42,44-45,47-50,52-53,55-71H2,1-3H3/b11-8-,20-17-,24-21-,28-26-,31-29-,46-43-,54-51-. The third kappa shape index (κ3) is 67.3. The quantitative estimate of drug-likeness (QED) is 0.0261. The zero-order valence-corrected chi connectivity index (χ0v) is 53.8. The molecule has 0 aliphatic rings. The first-order valence-corrected chi connectivity index (χ1v) is 35.1. The second-order valence-electron chi connectivity index (χ2n) is 23.4. The Balaban J connectivity index is 4.22. The van der Waals surface area contributed by atoms with Crippen molar-refractivity contribution < 1.29 is 28.6 Å². The first kappa shape index (κ1) is 77.6. The summed E-state index contributed by atoms with van der Waals surface area (Å²) in [6, 6.07) is 0. The van der Waals surface area contributed by atoms with Crippen molar-refractivity contribution >= 4 is 17.9 Å². The van der Waals surface area contributed by atoms with Gasteiger partial charge in [0.2, 0.25) is 0 Å². The summed E-state index contributed by atoms with van der Waals surface area (Å²) in [4.78, 5) is 38.4. The molecule has 0 aromatic rings. The molecule has 0 rings (SSSR count). The molecule has 0 radical (unpaired) electrons. The lowest BCUT2D eigenvalue weighted by molar-refractivity contribution is -0.167. The number of allylic oxidation sites excluding steroid dienone is 14. The fraction of sp³-hybridized carbons (Fsp3) is 0.773. The van der Waals surface area contributed by atoms with Gasteiger partial charge in [0.05, 0.1) is 0 Å². The topological polar surface area (TPSA) is 78.9 Å². The molecule has 1 unspecified atom stereocenters. The van der Waals surface area contributed by atoms with Crippen LogP contribution in [-0.2, 0) is 28.6 Å². The number of esters is 3. The molecule has 6 nitrogen and oxygen atoms in total. The van der Waals surface area contributed by atoms with E-state index in [2.05, 4.69) is 106 Å². The average molecular weight is 1130 g/mol. The summed E-state index contributed by atoms with van der Waals surface area (Å²) in [6.45, 7) is 6.52. The molecule has 6 heteroatoms. The monoisotopic (exact) mass is 1130 g/mol. The van der Waals surface area contributed by atoms with Gasteiger partial charge >= 0.3 is 17.9 Å². The Morgan fingerprint density at radius 1 is 0.259 bits per heavy atom. The maximum absolute atomic E-state index is 12.9. The molecule has 0 bridgehead atoms. The van der Waals surface area contributed by atoms with Crippen LogP contribution in [0.3, 0.4) is 0 Å². The van der Waals surface area contributed by atoms with Crippen LogP contribution in [0.15, 0.2) is 85.1 Å². The highest BCUT2D eigenvalue weighted by atomic mass is 16.6. The van der Waals surface area contributed by atoms with E-state index in [0.29, 0.717) is 12.8 Å². The molecule has 0 amide bonds. The summed E-state index contributed by atoms with van der Waals surface area (Å²) in [5.74, 6) is -0.917. The summed E-state index contributed by atoms with van der Waals surface area (Å²) in [7, 11) is 0. The van der Waals surface area contributed by atoms with Crippen LogP contribution in [-0.4, -0.2) is 37.2 Å². The normalized spacial score (nSPS) is 12.6. The first-order valence-electron chi connectivity index (χ1n) is 35.1. The lowest BCUT2D eigenvalue weighted by Gasteiger charge is -2.18. The Hall–Kier alpha value is -3.41. The lowest BCUT2D eigenvalue weighted by Crippen LogP contribution is -2.30. The Kier molecular flexibility index (Phi) is 66.2. The van der Waals surface area contributed by atoms with E-state index in [1.165, 1.54) is 212 Å². The summed E-state index contributed by atoms with van der Waals surface area (Å²) in [6.07, 6.45) is 92.0. The van der Waals surface area contributed by atoms with Crippen LogP contribution in [0, 0.1) is 0 Å². The van der Waals surface area contributed by atoms with E-state index in [1.54, 1.807) is 0 Å². The van der Waals surface area contributed by atoms with Crippen LogP contribution < -0.4 is 0 Å². The van der Waals surface area contributed by atoms with E-state index in [-0.39, 0.29) is 37.5 Å². The number of carbonyl (C=O) groups is 3. The van der Waals surface area contributed by atoms with Crippen molar-refractivity contribution in [3.63, 3.8) is 0 Å². The summed E-state index contributed by atoms with van der Waals surface area (Å²) in [5, 5.41) is 0. The second-order valence-corrected chi connectivity index (χ2v) is 23.4. The van der Waals surface area contributed by atoms with E-state index in [9.17, 15) is 14.4 Å². The van der Waals surface area contributed by atoms with Gasteiger partial charge in [0, 0.05) is 19.3 Å². The minimum atomic E-state index is -0.798. The number of ether oxygens (including phenoxy) is 3. The fourth-order valence-electron chi connectivity index (χ4n) is 10.1. The Bertz CT molecular complexity index is 1530. The van der Waals surface area contributed by atoms with Crippen molar-refractivity contribution in [1.82, 2.24) is 0 Å².